The number of halogens is 2. The second kappa shape index (κ2) is 7.53. The van der Waals surface area contributed by atoms with Gasteiger partial charge in [0.1, 0.15) is 0 Å². The van der Waals surface area contributed by atoms with Crippen molar-refractivity contribution in [1.29, 1.82) is 0 Å². The first-order chi connectivity index (χ1) is 13.4. The van der Waals surface area contributed by atoms with Crippen LogP contribution in [-0.2, 0) is 22.9 Å². The Hall–Kier alpha value is -1.84. The number of amides is 1. The Kier molecular flexibility index (Phi) is 5.24. The van der Waals surface area contributed by atoms with Crippen molar-refractivity contribution in [3.05, 3.63) is 51.2 Å². The molecule has 150 valence electrons. The molecule has 4 rings (SSSR count). The zero-order valence-electron chi connectivity index (χ0n) is 15.2. The van der Waals surface area contributed by atoms with Gasteiger partial charge in [-0.2, -0.15) is 4.31 Å². The van der Waals surface area contributed by atoms with Crippen molar-refractivity contribution in [1.82, 2.24) is 9.21 Å². The smallest absolute Gasteiger partial charge is 0.255 e. The summed E-state index contributed by atoms with van der Waals surface area (Å²) < 4.78 is 53.1. The number of carbonyl (C=O) groups excluding carboxylic acids is 1. The van der Waals surface area contributed by atoms with E-state index in [1.807, 2.05) is 5.38 Å². The Morgan fingerprint density at radius 1 is 1.00 bits per heavy atom. The van der Waals surface area contributed by atoms with Crippen LogP contribution < -0.4 is 0 Å². The third-order valence-electron chi connectivity index (χ3n) is 5.35. The van der Waals surface area contributed by atoms with Crippen LogP contribution in [-0.4, -0.2) is 49.7 Å². The van der Waals surface area contributed by atoms with Crippen LogP contribution in [0.15, 0.2) is 28.5 Å². The zero-order chi connectivity index (χ0) is 19.9. The second-order valence-electron chi connectivity index (χ2n) is 7.03. The van der Waals surface area contributed by atoms with Gasteiger partial charge in [0.2, 0.25) is 10.0 Å². The van der Waals surface area contributed by atoms with Gasteiger partial charge in [0.15, 0.2) is 11.6 Å². The quantitative estimate of drug-likeness (QED) is 0.758. The Bertz CT molecular complexity index is 1010. The van der Waals surface area contributed by atoms with Crippen LogP contribution in [0.2, 0.25) is 0 Å². The number of aryl methyl sites for hydroxylation is 1. The minimum atomic E-state index is -3.93. The lowest BCUT2D eigenvalue weighted by atomic mass is 9.95. The fourth-order valence-electron chi connectivity index (χ4n) is 3.76. The summed E-state index contributed by atoms with van der Waals surface area (Å²) in [6.07, 6.45) is 4.18. The van der Waals surface area contributed by atoms with E-state index in [0.717, 1.165) is 48.9 Å². The SMILES string of the molecule is O=C(c1csc2c1CCCC2)N1CCN(S(=O)(=O)c2ccc(F)c(F)c2)CC1. The summed E-state index contributed by atoms with van der Waals surface area (Å²) in [5.74, 6) is -2.34. The number of benzene rings is 1. The highest BCUT2D eigenvalue weighted by Crippen LogP contribution is 2.31. The van der Waals surface area contributed by atoms with Crippen LogP contribution >= 0.6 is 11.3 Å². The number of fused-ring (bicyclic) bond motifs is 1. The molecule has 1 amide bonds. The molecule has 0 atom stereocenters. The van der Waals surface area contributed by atoms with Crippen molar-refractivity contribution in [2.75, 3.05) is 26.2 Å². The minimum Gasteiger partial charge on any atom is -0.336 e. The summed E-state index contributed by atoms with van der Waals surface area (Å²) in [7, 11) is -3.93. The summed E-state index contributed by atoms with van der Waals surface area (Å²) >= 11 is 1.63. The Labute approximate surface area is 166 Å². The van der Waals surface area contributed by atoms with E-state index in [0.29, 0.717) is 6.07 Å². The fourth-order valence-corrected chi connectivity index (χ4v) is 6.32. The molecule has 0 radical (unpaired) electrons. The van der Waals surface area contributed by atoms with Gasteiger partial charge in [0, 0.05) is 36.4 Å². The Morgan fingerprint density at radius 2 is 1.71 bits per heavy atom. The van der Waals surface area contributed by atoms with Gasteiger partial charge in [-0.15, -0.1) is 11.3 Å². The number of piperazine rings is 1. The molecule has 1 fully saturated rings. The average molecular weight is 427 g/mol. The van der Waals surface area contributed by atoms with E-state index < -0.39 is 21.7 Å². The number of thiophene rings is 1. The van der Waals surface area contributed by atoms with Crippen LogP contribution in [0, 0.1) is 11.6 Å². The van der Waals surface area contributed by atoms with Gasteiger partial charge >= 0.3 is 0 Å². The molecule has 1 aromatic heterocycles. The average Bonchev–Trinajstić information content (AvgIpc) is 3.13. The highest BCUT2D eigenvalue weighted by molar-refractivity contribution is 7.89. The van der Waals surface area contributed by atoms with Gasteiger partial charge < -0.3 is 4.90 Å². The Morgan fingerprint density at radius 3 is 2.43 bits per heavy atom. The minimum absolute atomic E-state index is 0.0516. The largest absolute Gasteiger partial charge is 0.336 e. The van der Waals surface area contributed by atoms with Crippen molar-refractivity contribution >= 4 is 27.3 Å². The molecule has 1 aromatic carbocycles. The maximum absolute atomic E-state index is 13.4. The number of carbonyl (C=O) groups is 1. The van der Waals surface area contributed by atoms with Crippen LogP contribution in [0.4, 0.5) is 8.78 Å². The van der Waals surface area contributed by atoms with E-state index >= 15 is 0 Å². The van der Waals surface area contributed by atoms with E-state index in [2.05, 4.69) is 0 Å². The van der Waals surface area contributed by atoms with Crippen LogP contribution in [0.25, 0.3) is 0 Å². The molecule has 1 aliphatic carbocycles. The first-order valence-electron chi connectivity index (χ1n) is 9.21. The molecule has 28 heavy (non-hydrogen) atoms. The maximum atomic E-state index is 13.4. The van der Waals surface area contributed by atoms with Gasteiger partial charge in [-0.25, -0.2) is 17.2 Å². The number of sulfonamides is 1. The molecular formula is C19H20F2N2O3S2. The van der Waals surface area contributed by atoms with E-state index in [1.54, 1.807) is 16.2 Å². The van der Waals surface area contributed by atoms with Gasteiger partial charge in [-0.1, -0.05) is 0 Å². The topological polar surface area (TPSA) is 57.7 Å². The molecule has 0 N–H and O–H groups in total. The molecule has 5 nitrogen and oxygen atoms in total. The van der Waals surface area contributed by atoms with Crippen LogP contribution in [0.5, 0.6) is 0 Å². The maximum Gasteiger partial charge on any atom is 0.255 e. The summed E-state index contributed by atoms with van der Waals surface area (Å²) in [4.78, 5) is 15.6. The van der Waals surface area contributed by atoms with Crippen molar-refractivity contribution in [2.24, 2.45) is 0 Å². The van der Waals surface area contributed by atoms with Crippen molar-refractivity contribution < 1.29 is 22.0 Å². The number of hydrogen-bond acceptors (Lipinski definition) is 4. The first-order valence-corrected chi connectivity index (χ1v) is 11.5. The van der Waals surface area contributed by atoms with Crippen molar-refractivity contribution in [3.8, 4) is 0 Å². The van der Waals surface area contributed by atoms with E-state index in [4.69, 9.17) is 0 Å². The normalized spacial score (nSPS) is 18.1. The lowest BCUT2D eigenvalue weighted by Gasteiger charge is -2.34. The van der Waals surface area contributed by atoms with E-state index in [9.17, 15) is 22.0 Å². The van der Waals surface area contributed by atoms with Crippen LogP contribution in [0.3, 0.4) is 0 Å². The number of rotatable bonds is 3. The monoisotopic (exact) mass is 426 g/mol. The van der Waals surface area contributed by atoms with Gasteiger partial charge in [-0.3, -0.25) is 4.79 Å². The van der Waals surface area contributed by atoms with Crippen LogP contribution in [0.1, 0.15) is 33.6 Å². The highest BCUT2D eigenvalue weighted by atomic mass is 32.2. The third-order valence-corrected chi connectivity index (χ3v) is 8.33. The molecule has 0 spiro atoms. The van der Waals surface area contributed by atoms with Gasteiger partial charge in [-0.05, 0) is 49.4 Å². The fraction of sp³-hybridized carbons (Fsp3) is 0.421. The summed E-state index contributed by atoms with van der Waals surface area (Å²) in [5, 5.41) is 1.92. The lowest BCUT2D eigenvalue weighted by Crippen LogP contribution is -2.50. The van der Waals surface area contributed by atoms with Crippen molar-refractivity contribution in [2.45, 2.75) is 30.6 Å². The summed E-state index contributed by atoms with van der Waals surface area (Å²) in [6, 6.07) is 2.56. The van der Waals surface area contributed by atoms with E-state index in [1.165, 1.54) is 9.18 Å². The molecule has 2 aliphatic rings. The molecule has 0 bridgehead atoms. The number of hydrogen-bond donors (Lipinski definition) is 0. The highest BCUT2D eigenvalue weighted by Gasteiger charge is 2.32. The first kappa shape index (κ1) is 19.5. The third kappa shape index (κ3) is 3.46. The molecule has 2 heterocycles. The van der Waals surface area contributed by atoms with E-state index in [-0.39, 0.29) is 37.0 Å². The molecule has 2 aromatic rings. The molecule has 1 aliphatic heterocycles. The predicted molar refractivity (Wildman–Crippen MR) is 102 cm³/mol. The summed E-state index contributed by atoms with van der Waals surface area (Å²) in [6.45, 7) is 0.789. The molecular weight excluding hydrogens is 406 g/mol. The summed E-state index contributed by atoms with van der Waals surface area (Å²) in [5.41, 5.74) is 1.90. The molecule has 0 saturated carbocycles. The second-order valence-corrected chi connectivity index (χ2v) is 9.93. The molecule has 0 unspecified atom stereocenters. The Balaban J connectivity index is 1.46. The molecule has 1 saturated heterocycles. The standard InChI is InChI=1S/C19H20F2N2O3S2/c20-16-6-5-13(11-17(16)21)28(25,26)23-9-7-22(8-10-23)19(24)15-12-27-18-4-2-1-3-14(15)18/h5-6,11-12H,1-4,7-10H2. The van der Waals surface area contributed by atoms with Crippen molar-refractivity contribution in [3.63, 3.8) is 0 Å². The molecule has 9 heteroatoms. The lowest BCUT2D eigenvalue weighted by molar-refractivity contribution is 0.0697. The zero-order valence-corrected chi connectivity index (χ0v) is 16.8. The predicted octanol–water partition coefficient (Wildman–Crippen LogP) is 3.05. The number of nitrogens with zero attached hydrogens (tertiary/aromatic N) is 2. The van der Waals surface area contributed by atoms with Gasteiger partial charge in [0.25, 0.3) is 5.91 Å². The van der Waals surface area contributed by atoms with Gasteiger partial charge in [0.05, 0.1) is 10.5 Å².